The van der Waals surface area contributed by atoms with Gasteiger partial charge in [-0.25, -0.2) is 18.2 Å². The molecule has 0 aliphatic heterocycles. The lowest BCUT2D eigenvalue weighted by molar-refractivity contribution is 0.297. The molecule has 0 aliphatic carbocycles. The lowest BCUT2D eigenvalue weighted by atomic mass is 10.1. The quantitative estimate of drug-likeness (QED) is 0.389. The molecule has 0 aliphatic rings. The lowest BCUT2D eigenvalue weighted by Crippen LogP contribution is -2.33. The number of benzene rings is 3. The largest absolute Gasteiger partial charge is 0.493 e. The van der Waals surface area contributed by atoms with E-state index in [1.807, 2.05) is 36.4 Å². The number of hydrogen-bond donors (Lipinski definition) is 2. The highest BCUT2D eigenvalue weighted by molar-refractivity contribution is 7.89. The lowest BCUT2D eigenvalue weighted by Gasteiger charge is -2.11. The van der Waals surface area contributed by atoms with E-state index in [9.17, 15) is 13.2 Å². The van der Waals surface area contributed by atoms with Gasteiger partial charge in [-0.1, -0.05) is 43.0 Å². The minimum Gasteiger partial charge on any atom is -0.493 e. The van der Waals surface area contributed by atoms with Crippen LogP contribution < -0.4 is 30.7 Å². The smallest absolute Gasteiger partial charge is 0.279 e. The van der Waals surface area contributed by atoms with Crippen molar-refractivity contribution in [1.29, 1.82) is 0 Å². The molecule has 1 aromatic heterocycles. The van der Waals surface area contributed by atoms with Crippen molar-refractivity contribution in [3.05, 3.63) is 105 Å². The van der Waals surface area contributed by atoms with E-state index in [1.165, 1.54) is 34.5 Å². The van der Waals surface area contributed by atoms with Crippen molar-refractivity contribution < 1.29 is 17.9 Å². The molecule has 0 amide bonds. The van der Waals surface area contributed by atoms with Crippen LogP contribution in [0.4, 0.5) is 0 Å². The van der Waals surface area contributed by atoms with Crippen molar-refractivity contribution in [2.45, 2.75) is 11.3 Å². The predicted octanol–water partition coefficient (Wildman–Crippen LogP) is 1.68. The molecule has 0 fully saturated rings. The minimum atomic E-state index is -3.82. The number of sulfonamides is 1. The predicted molar refractivity (Wildman–Crippen MR) is 135 cm³/mol. The number of primary sulfonamides is 1. The summed E-state index contributed by atoms with van der Waals surface area (Å²) in [4.78, 5) is 13.0. The first kappa shape index (κ1) is 24.1. The fraction of sp³-hybridized carbons (Fsp3) is 0.115. The van der Waals surface area contributed by atoms with Gasteiger partial charge in [0.1, 0.15) is 0 Å². The molecule has 4 rings (SSSR count). The molecule has 4 aromatic rings. The summed E-state index contributed by atoms with van der Waals surface area (Å²) in [6, 6.07) is 21.1. The van der Waals surface area contributed by atoms with Crippen LogP contribution in [0.5, 0.6) is 11.5 Å². The van der Waals surface area contributed by atoms with Gasteiger partial charge in [-0.05, 0) is 53.6 Å². The molecular weight excluding hydrogens is 466 g/mol. The van der Waals surface area contributed by atoms with Crippen molar-refractivity contribution >= 4 is 22.7 Å². The third-order valence-electron chi connectivity index (χ3n) is 5.42. The van der Waals surface area contributed by atoms with Crippen molar-refractivity contribution in [2.75, 3.05) is 13.7 Å². The summed E-state index contributed by atoms with van der Waals surface area (Å²) in [5.41, 5.74) is 2.03. The first-order valence-electron chi connectivity index (χ1n) is 10.8. The minimum absolute atomic E-state index is 0.0411. The summed E-state index contributed by atoms with van der Waals surface area (Å²) in [5, 5.41) is 8.83. The third kappa shape index (κ3) is 5.53. The molecule has 8 nitrogen and oxygen atoms in total. The van der Waals surface area contributed by atoms with Crippen LogP contribution in [0.2, 0.25) is 0 Å². The second-order valence-corrected chi connectivity index (χ2v) is 9.38. The maximum Gasteiger partial charge on any atom is 0.279 e. The second kappa shape index (κ2) is 10.0. The number of methoxy groups -OCH3 is 1. The Morgan fingerprint density at radius 3 is 2.40 bits per heavy atom. The Labute approximate surface area is 202 Å². The number of H-pyrrole nitrogens is 1. The Balaban J connectivity index is 1.59. The highest BCUT2D eigenvalue weighted by Crippen LogP contribution is 2.28. The van der Waals surface area contributed by atoms with E-state index in [1.54, 1.807) is 25.3 Å². The van der Waals surface area contributed by atoms with Crippen LogP contribution in [-0.4, -0.2) is 31.9 Å². The standard InChI is InChI=1S/C26H25N3O5S/c1-18-23(26(30)29(28-18)21-9-11-22(12-10-21)35(27,31)32)16-20-8-13-24(25(17-20)33-2)34-15-14-19-6-4-3-5-7-19/h3-13,16-17,28H,1,14-15H2,2H3,(H2,27,31,32)/b23-16-. The Kier molecular flexibility index (Phi) is 6.90. The van der Waals surface area contributed by atoms with Gasteiger partial charge in [0.05, 0.1) is 34.9 Å². The van der Waals surface area contributed by atoms with E-state index >= 15 is 0 Å². The zero-order valence-corrected chi connectivity index (χ0v) is 19.9. The van der Waals surface area contributed by atoms with Gasteiger partial charge in [0.15, 0.2) is 11.5 Å². The summed E-state index contributed by atoms with van der Waals surface area (Å²) in [5.74, 6) is 1.16. The maximum absolute atomic E-state index is 13.0. The van der Waals surface area contributed by atoms with Crippen LogP contribution in [0.15, 0.2) is 82.5 Å². The zero-order chi connectivity index (χ0) is 25.0. The fourth-order valence-electron chi connectivity index (χ4n) is 3.59. The van der Waals surface area contributed by atoms with Crippen molar-refractivity contribution in [3.63, 3.8) is 0 Å². The molecule has 0 radical (unpaired) electrons. The second-order valence-electron chi connectivity index (χ2n) is 7.82. The Morgan fingerprint density at radius 1 is 1.03 bits per heavy atom. The SMILES string of the molecule is C=c1[nH]n(-c2ccc(S(N)(=O)=O)cc2)c(=O)/c1=C\c1ccc(OCCc2ccccc2)c(OC)c1. The van der Waals surface area contributed by atoms with Crippen LogP contribution in [0.3, 0.4) is 0 Å². The van der Waals surface area contributed by atoms with Gasteiger partial charge in [0.25, 0.3) is 5.56 Å². The number of nitrogens with one attached hydrogen (secondary N) is 1. The van der Waals surface area contributed by atoms with E-state index in [4.69, 9.17) is 14.6 Å². The molecule has 35 heavy (non-hydrogen) atoms. The number of rotatable bonds is 8. The van der Waals surface area contributed by atoms with Crippen LogP contribution in [0.25, 0.3) is 18.3 Å². The van der Waals surface area contributed by atoms with Crippen LogP contribution in [0, 0.1) is 0 Å². The zero-order valence-electron chi connectivity index (χ0n) is 19.1. The molecular formula is C26H25N3O5S. The molecule has 0 bridgehead atoms. The Morgan fingerprint density at radius 2 is 1.74 bits per heavy atom. The van der Waals surface area contributed by atoms with Gasteiger partial charge in [-0.3, -0.25) is 9.89 Å². The topological polar surface area (TPSA) is 116 Å². The Bertz CT molecular complexity index is 1610. The number of aromatic amines is 1. The van der Waals surface area contributed by atoms with Gasteiger partial charge in [0.2, 0.25) is 10.0 Å². The third-order valence-corrected chi connectivity index (χ3v) is 6.35. The highest BCUT2D eigenvalue weighted by Gasteiger charge is 2.10. The van der Waals surface area contributed by atoms with E-state index in [-0.39, 0.29) is 10.5 Å². The highest BCUT2D eigenvalue weighted by atomic mass is 32.2. The van der Waals surface area contributed by atoms with Gasteiger partial charge in [0, 0.05) is 6.42 Å². The average Bonchev–Trinajstić information content (AvgIpc) is 3.13. The molecule has 0 unspecified atom stereocenters. The van der Waals surface area contributed by atoms with Crippen LogP contribution in [-0.2, 0) is 16.4 Å². The molecule has 9 heteroatoms. The first-order chi connectivity index (χ1) is 16.8. The molecule has 0 spiro atoms. The van der Waals surface area contributed by atoms with Gasteiger partial charge in [-0.15, -0.1) is 0 Å². The Hall–Kier alpha value is -4.08. The van der Waals surface area contributed by atoms with Crippen LogP contribution >= 0.6 is 0 Å². The summed E-state index contributed by atoms with van der Waals surface area (Å²) >= 11 is 0. The monoisotopic (exact) mass is 491 g/mol. The van der Waals surface area contributed by atoms with Crippen molar-refractivity contribution in [2.24, 2.45) is 5.14 Å². The number of aromatic nitrogens is 2. The number of nitrogens with two attached hydrogens (primary N) is 1. The molecule has 0 saturated carbocycles. The number of ether oxygens (including phenoxy) is 2. The molecule has 0 atom stereocenters. The molecule has 0 saturated heterocycles. The molecule has 3 N–H and O–H groups in total. The van der Waals surface area contributed by atoms with E-state index < -0.39 is 10.0 Å². The summed E-state index contributed by atoms with van der Waals surface area (Å²) in [7, 11) is -2.26. The van der Waals surface area contributed by atoms with Crippen molar-refractivity contribution in [3.8, 4) is 17.2 Å². The number of nitrogens with zero attached hydrogens (tertiary/aromatic N) is 1. The van der Waals surface area contributed by atoms with E-state index in [2.05, 4.69) is 11.7 Å². The summed E-state index contributed by atoms with van der Waals surface area (Å²) in [6.07, 6.45) is 2.47. The van der Waals surface area contributed by atoms with E-state index in [0.29, 0.717) is 34.4 Å². The van der Waals surface area contributed by atoms with E-state index in [0.717, 1.165) is 12.0 Å². The van der Waals surface area contributed by atoms with Gasteiger partial charge in [-0.2, -0.15) is 0 Å². The van der Waals surface area contributed by atoms with Gasteiger partial charge >= 0.3 is 0 Å². The van der Waals surface area contributed by atoms with Gasteiger partial charge < -0.3 is 9.47 Å². The summed E-state index contributed by atoms with van der Waals surface area (Å²) < 4.78 is 35.6. The molecule has 3 aromatic carbocycles. The molecule has 1 heterocycles. The first-order valence-corrected chi connectivity index (χ1v) is 12.3. The maximum atomic E-state index is 13.0. The molecule has 180 valence electrons. The summed E-state index contributed by atoms with van der Waals surface area (Å²) in [6.45, 7) is 4.43. The van der Waals surface area contributed by atoms with Crippen LogP contribution in [0.1, 0.15) is 11.1 Å². The van der Waals surface area contributed by atoms with Crippen molar-refractivity contribution in [1.82, 2.24) is 9.78 Å². The number of hydrogen-bond acceptors (Lipinski definition) is 5. The average molecular weight is 492 g/mol. The normalized spacial score (nSPS) is 12.0. The fourth-order valence-corrected chi connectivity index (χ4v) is 4.11.